The molecule has 0 radical (unpaired) electrons. The summed E-state index contributed by atoms with van der Waals surface area (Å²) < 4.78 is 13.7. The number of benzene rings is 1. The van der Waals surface area contributed by atoms with Crippen LogP contribution in [0.2, 0.25) is 0 Å². The zero-order valence-electron chi connectivity index (χ0n) is 13.7. The van der Waals surface area contributed by atoms with Crippen molar-refractivity contribution in [3.63, 3.8) is 0 Å². The van der Waals surface area contributed by atoms with Gasteiger partial charge in [0.25, 0.3) is 5.91 Å². The van der Waals surface area contributed by atoms with Gasteiger partial charge in [-0.1, -0.05) is 43.2 Å². The summed E-state index contributed by atoms with van der Waals surface area (Å²) in [5.74, 6) is -1.07. The molecule has 2 aromatic rings. The molecule has 0 unspecified atom stereocenters. The fourth-order valence-electron chi connectivity index (χ4n) is 3.30. The van der Waals surface area contributed by atoms with Gasteiger partial charge in [-0.25, -0.2) is 4.39 Å². The third kappa shape index (κ3) is 3.58. The summed E-state index contributed by atoms with van der Waals surface area (Å²) in [6.45, 7) is 0. The Bertz CT molecular complexity index is 834. The van der Waals surface area contributed by atoms with Gasteiger partial charge in [0.2, 0.25) is 0 Å². The summed E-state index contributed by atoms with van der Waals surface area (Å²) >= 11 is 0. The monoisotopic (exact) mass is 335 g/mol. The largest absolute Gasteiger partial charge is 0.342 e. The van der Waals surface area contributed by atoms with E-state index in [1.54, 1.807) is 0 Å². The van der Waals surface area contributed by atoms with E-state index < -0.39 is 17.3 Å². The van der Waals surface area contributed by atoms with Crippen LogP contribution in [0.1, 0.15) is 36.9 Å². The first-order chi connectivity index (χ1) is 12.1. The van der Waals surface area contributed by atoms with E-state index in [4.69, 9.17) is 0 Å². The zero-order chi connectivity index (χ0) is 17.7. The lowest BCUT2D eigenvalue weighted by Crippen LogP contribution is -2.44. The molecule has 1 N–H and O–H groups in total. The first kappa shape index (κ1) is 16.8. The molecule has 0 saturated heterocycles. The average Bonchev–Trinajstić information content (AvgIpc) is 3.11. The highest BCUT2D eigenvalue weighted by Gasteiger charge is 2.37. The Balaban J connectivity index is 1.89. The maximum absolute atomic E-state index is 13.7. The first-order valence-corrected chi connectivity index (χ1v) is 8.25. The molecule has 1 saturated carbocycles. The van der Waals surface area contributed by atoms with Crippen molar-refractivity contribution in [3.05, 3.63) is 71.3 Å². The van der Waals surface area contributed by atoms with Crippen molar-refractivity contribution in [3.8, 4) is 6.07 Å². The van der Waals surface area contributed by atoms with Crippen molar-refractivity contribution in [2.24, 2.45) is 0 Å². The summed E-state index contributed by atoms with van der Waals surface area (Å²) in [6.07, 6.45) is 6.27. The molecule has 1 amide bonds. The minimum atomic E-state index is -0.568. The Hall–Kier alpha value is -3.00. The molecule has 1 aliphatic rings. The number of hydrogen-bond acceptors (Lipinski definition) is 3. The molecule has 1 heterocycles. The highest BCUT2D eigenvalue weighted by Crippen LogP contribution is 2.38. The van der Waals surface area contributed by atoms with Crippen LogP contribution in [0.4, 0.5) is 4.39 Å². The number of rotatable bonds is 4. The normalized spacial score (nSPS) is 16.2. The number of carbonyl (C=O) groups excluding carboxylic acids is 1. The van der Waals surface area contributed by atoms with Gasteiger partial charge in [-0.05, 0) is 36.6 Å². The number of pyridine rings is 1. The molecule has 1 aliphatic carbocycles. The van der Waals surface area contributed by atoms with Gasteiger partial charge in [-0.2, -0.15) is 5.26 Å². The minimum Gasteiger partial charge on any atom is -0.342 e. The predicted molar refractivity (Wildman–Crippen MR) is 92.5 cm³/mol. The molecule has 1 fully saturated rings. The molecule has 25 heavy (non-hydrogen) atoms. The summed E-state index contributed by atoms with van der Waals surface area (Å²) in [7, 11) is 0. The van der Waals surface area contributed by atoms with Gasteiger partial charge in [0.05, 0.1) is 5.54 Å². The van der Waals surface area contributed by atoms with Crippen LogP contribution < -0.4 is 5.32 Å². The van der Waals surface area contributed by atoms with E-state index in [9.17, 15) is 14.4 Å². The van der Waals surface area contributed by atoms with E-state index in [0.717, 1.165) is 31.2 Å². The number of amides is 1. The molecule has 126 valence electrons. The molecule has 0 bridgehead atoms. The number of hydrogen-bond donors (Lipinski definition) is 1. The number of halogens is 1. The second kappa shape index (κ2) is 7.27. The topological polar surface area (TPSA) is 65.8 Å². The summed E-state index contributed by atoms with van der Waals surface area (Å²) in [4.78, 5) is 16.5. The molecule has 0 spiro atoms. The first-order valence-electron chi connectivity index (χ1n) is 8.25. The van der Waals surface area contributed by atoms with Crippen LogP contribution in [0, 0.1) is 17.1 Å². The Morgan fingerprint density at radius 1 is 1.20 bits per heavy atom. The van der Waals surface area contributed by atoms with E-state index >= 15 is 0 Å². The van der Waals surface area contributed by atoms with E-state index in [2.05, 4.69) is 10.3 Å². The lowest BCUT2D eigenvalue weighted by Gasteiger charge is -2.31. The Labute approximate surface area is 146 Å². The second-order valence-electron chi connectivity index (χ2n) is 6.15. The van der Waals surface area contributed by atoms with Crippen molar-refractivity contribution < 1.29 is 9.18 Å². The third-order valence-electron chi connectivity index (χ3n) is 4.57. The predicted octanol–water partition coefficient (Wildman–Crippen LogP) is 3.71. The molecule has 5 heteroatoms. The van der Waals surface area contributed by atoms with E-state index in [1.807, 2.05) is 36.4 Å². The van der Waals surface area contributed by atoms with Crippen LogP contribution in [-0.2, 0) is 10.3 Å². The van der Waals surface area contributed by atoms with Crippen LogP contribution in [0.25, 0.3) is 6.08 Å². The Morgan fingerprint density at radius 2 is 1.92 bits per heavy atom. The summed E-state index contributed by atoms with van der Waals surface area (Å²) in [5.41, 5.74) is 0.382. The number of nitrogens with zero attached hydrogens (tertiary/aromatic N) is 2. The second-order valence-corrected chi connectivity index (χ2v) is 6.15. The highest BCUT2D eigenvalue weighted by atomic mass is 19.1. The van der Waals surface area contributed by atoms with Crippen LogP contribution >= 0.6 is 0 Å². The van der Waals surface area contributed by atoms with Gasteiger partial charge in [0, 0.05) is 6.20 Å². The standard InChI is InChI=1S/C20H18FN3O/c21-17-9-6-12-23-18(17)13-15(14-22)19(25)24-20(10-4-5-11-20)16-7-2-1-3-8-16/h1-3,6-9,12-13H,4-5,10-11H2,(H,24,25). The maximum atomic E-state index is 13.7. The quantitative estimate of drug-likeness (QED) is 0.684. The fraction of sp³-hybridized carbons (Fsp3) is 0.250. The molecular formula is C20H18FN3O. The molecule has 3 rings (SSSR count). The lowest BCUT2D eigenvalue weighted by molar-refractivity contribution is -0.119. The molecular weight excluding hydrogens is 317 g/mol. The Morgan fingerprint density at radius 3 is 2.56 bits per heavy atom. The molecule has 4 nitrogen and oxygen atoms in total. The van der Waals surface area contributed by atoms with Crippen molar-refractivity contribution in [1.82, 2.24) is 10.3 Å². The SMILES string of the molecule is N#CC(=Cc1ncccc1F)C(=O)NC1(c2ccccc2)CCCC1. The van der Waals surface area contributed by atoms with Gasteiger partial charge in [-0.3, -0.25) is 9.78 Å². The van der Waals surface area contributed by atoms with E-state index in [0.29, 0.717) is 0 Å². The lowest BCUT2D eigenvalue weighted by atomic mass is 9.88. The number of nitriles is 1. The maximum Gasteiger partial charge on any atom is 0.262 e. The Kier molecular flexibility index (Phi) is 4.90. The van der Waals surface area contributed by atoms with Gasteiger partial charge < -0.3 is 5.32 Å². The smallest absolute Gasteiger partial charge is 0.262 e. The molecule has 0 aliphatic heterocycles. The number of carbonyl (C=O) groups is 1. The van der Waals surface area contributed by atoms with Crippen molar-refractivity contribution in [2.45, 2.75) is 31.2 Å². The van der Waals surface area contributed by atoms with Crippen LogP contribution in [0.5, 0.6) is 0 Å². The number of nitrogens with one attached hydrogen (secondary N) is 1. The van der Waals surface area contributed by atoms with Crippen molar-refractivity contribution in [2.75, 3.05) is 0 Å². The van der Waals surface area contributed by atoms with Crippen molar-refractivity contribution >= 4 is 12.0 Å². The molecule has 1 aromatic heterocycles. The van der Waals surface area contributed by atoms with Crippen molar-refractivity contribution in [1.29, 1.82) is 5.26 Å². The van der Waals surface area contributed by atoms with Crippen LogP contribution in [0.3, 0.4) is 0 Å². The third-order valence-corrected chi connectivity index (χ3v) is 4.57. The van der Waals surface area contributed by atoms with Gasteiger partial charge in [0.15, 0.2) is 0 Å². The highest BCUT2D eigenvalue weighted by molar-refractivity contribution is 6.02. The van der Waals surface area contributed by atoms with Gasteiger partial charge in [0.1, 0.15) is 23.2 Å². The van der Waals surface area contributed by atoms with Crippen LogP contribution in [0.15, 0.2) is 54.2 Å². The average molecular weight is 335 g/mol. The van der Waals surface area contributed by atoms with E-state index in [1.165, 1.54) is 24.4 Å². The van der Waals surface area contributed by atoms with E-state index in [-0.39, 0.29) is 11.3 Å². The summed E-state index contributed by atoms with van der Waals surface area (Å²) in [5, 5.41) is 12.4. The molecule has 1 aromatic carbocycles. The fourth-order valence-corrected chi connectivity index (χ4v) is 3.30. The molecule has 0 atom stereocenters. The summed E-state index contributed by atoms with van der Waals surface area (Å²) in [6, 6.07) is 14.3. The van der Waals surface area contributed by atoms with Gasteiger partial charge in [-0.15, -0.1) is 0 Å². The zero-order valence-corrected chi connectivity index (χ0v) is 13.7. The van der Waals surface area contributed by atoms with Gasteiger partial charge >= 0.3 is 0 Å². The van der Waals surface area contributed by atoms with Crippen LogP contribution in [-0.4, -0.2) is 10.9 Å². The number of aromatic nitrogens is 1. The minimum absolute atomic E-state index is 0.0191.